The van der Waals surface area contributed by atoms with Gasteiger partial charge >= 0.3 is 6.18 Å². The highest BCUT2D eigenvalue weighted by Gasteiger charge is 2.32. The highest BCUT2D eigenvalue weighted by atomic mass is 35.5. The summed E-state index contributed by atoms with van der Waals surface area (Å²) in [4.78, 5) is 4.33. The van der Waals surface area contributed by atoms with Crippen LogP contribution in [0.3, 0.4) is 0 Å². The van der Waals surface area contributed by atoms with Crippen LogP contribution in [0.5, 0.6) is 0 Å². The highest BCUT2D eigenvalue weighted by Crippen LogP contribution is 2.35. The van der Waals surface area contributed by atoms with Crippen molar-refractivity contribution in [1.29, 1.82) is 0 Å². The molecule has 3 rings (SSSR count). The molecule has 1 aromatic carbocycles. The first-order chi connectivity index (χ1) is 11.2. The second-order valence-electron chi connectivity index (χ2n) is 5.01. The van der Waals surface area contributed by atoms with E-state index in [1.807, 2.05) is 0 Å². The van der Waals surface area contributed by atoms with Crippen LogP contribution in [-0.2, 0) is 12.7 Å². The van der Waals surface area contributed by atoms with Gasteiger partial charge in [-0.3, -0.25) is 0 Å². The van der Waals surface area contributed by atoms with E-state index in [9.17, 15) is 13.2 Å². The number of rotatable bonds is 2. The summed E-state index contributed by atoms with van der Waals surface area (Å²) in [6.45, 7) is -0.0333. The molecule has 0 aliphatic heterocycles. The fourth-order valence-electron chi connectivity index (χ4n) is 2.38. The minimum Gasteiger partial charge on any atom is -0.325 e. The number of hydrogen-bond donors (Lipinski definition) is 1. The number of nitrogens with zero attached hydrogens (tertiary/aromatic N) is 2. The van der Waals surface area contributed by atoms with E-state index in [2.05, 4.69) is 4.98 Å². The Kier molecular flexibility index (Phi) is 4.42. The standard InChI is InChI=1S/C15H9Cl3F3N3/c16-9-2-1-7(3-10(9)17)13-12(5-22)24-6-8(15(19,20)21)4-11(18)14(24)23-13/h1-4,6H,5,22H2. The molecule has 0 fully saturated rings. The van der Waals surface area contributed by atoms with E-state index in [0.717, 1.165) is 12.3 Å². The molecule has 0 radical (unpaired) electrons. The Hall–Kier alpha value is -1.47. The van der Waals surface area contributed by atoms with Crippen LogP contribution in [0.25, 0.3) is 16.9 Å². The molecule has 2 aromatic heterocycles. The van der Waals surface area contributed by atoms with Gasteiger partial charge in [-0.1, -0.05) is 40.9 Å². The molecular weight excluding hydrogens is 386 g/mol. The van der Waals surface area contributed by atoms with E-state index in [0.29, 0.717) is 27.0 Å². The van der Waals surface area contributed by atoms with Gasteiger partial charge in [0.25, 0.3) is 0 Å². The molecule has 0 amide bonds. The highest BCUT2D eigenvalue weighted by molar-refractivity contribution is 6.42. The summed E-state index contributed by atoms with van der Waals surface area (Å²) >= 11 is 17.9. The van der Waals surface area contributed by atoms with Crippen molar-refractivity contribution in [2.45, 2.75) is 12.7 Å². The molecule has 0 saturated carbocycles. The van der Waals surface area contributed by atoms with Crippen LogP contribution in [-0.4, -0.2) is 9.38 Å². The molecule has 2 N–H and O–H groups in total. The molecule has 3 aromatic rings. The van der Waals surface area contributed by atoms with Crippen molar-refractivity contribution in [2.75, 3.05) is 0 Å². The molecule has 0 unspecified atom stereocenters. The van der Waals surface area contributed by atoms with Crippen LogP contribution in [0.1, 0.15) is 11.3 Å². The molecule has 0 spiro atoms. The number of aromatic nitrogens is 2. The number of fused-ring (bicyclic) bond motifs is 1. The van der Waals surface area contributed by atoms with Gasteiger partial charge in [0.15, 0.2) is 5.65 Å². The second-order valence-corrected chi connectivity index (χ2v) is 6.23. The summed E-state index contributed by atoms with van der Waals surface area (Å²) in [6.07, 6.45) is -3.60. The molecule has 9 heteroatoms. The van der Waals surface area contributed by atoms with Crippen molar-refractivity contribution in [3.05, 3.63) is 56.8 Å². The number of alkyl halides is 3. The van der Waals surface area contributed by atoms with E-state index in [-0.39, 0.29) is 17.2 Å². The van der Waals surface area contributed by atoms with Gasteiger partial charge in [-0.2, -0.15) is 13.2 Å². The average Bonchev–Trinajstić information content (AvgIpc) is 2.88. The second kappa shape index (κ2) is 6.11. The summed E-state index contributed by atoms with van der Waals surface area (Å²) in [5.41, 5.74) is 6.40. The lowest BCUT2D eigenvalue weighted by molar-refractivity contribution is -0.137. The third-order valence-corrected chi connectivity index (χ3v) is 4.50. The van der Waals surface area contributed by atoms with Gasteiger partial charge in [0.05, 0.1) is 32.0 Å². The van der Waals surface area contributed by atoms with Crippen molar-refractivity contribution >= 4 is 40.4 Å². The normalized spacial score (nSPS) is 12.1. The van der Waals surface area contributed by atoms with Crippen molar-refractivity contribution in [3.63, 3.8) is 0 Å². The topological polar surface area (TPSA) is 43.3 Å². The Morgan fingerprint density at radius 3 is 2.33 bits per heavy atom. The average molecular weight is 395 g/mol. The third-order valence-electron chi connectivity index (χ3n) is 3.49. The Labute approximate surface area is 149 Å². The Bertz CT molecular complexity index is 935. The predicted octanol–water partition coefficient (Wildman–Crippen LogP) is 5.44. The van der Waals surface area contributed by atoms with E-state index < -0.39 is 11.7 Å². The summed E-state index contributed by atoms with van der Waals surface area (Å²) in [7, 11) is 0. The van der Waals surface area contributed by atoms with Gasteiger partial charge in [-0.05, 0) is 18.2 Å². The van der Waals surface area contributed by atoms with Crippen LogP contribution in [0.2, 0.25) is 15.1 Å². The van der Waals surface area contributed by atoms with Gasteiger partial charge < -0.3 is 10.1 Å². The van der Waals surface area contributed by atoms with Gasteiger partial charge in [0.2, 0.25) is 0 Å². The molecule has 0 saturated heterocycles. The molecule has 0 atom stereocenters. The predicted molar refractivity (Wildman–Crippen MR) is 88.6 cm³/mol. The maximum atomic E-state index is 13.0. The lowest BCUT2D eigenvalue weighted by Crippen LogP contribution is -2.09. The molecule has 126 valence electrons. The van der Waals surface area contributed by atoms with E-state index in [1.54, 1.807) is 18.2 Å². The fraction of sp³-hybridized carbons (Fsp3) is 0.133. The zero-order chi connectivity index (χ0) is 17.6. The summed E-state index contributed by atoms with van der Waals surface area (Å²) in [5, 5.41) is 0.540. The first-order valence-electron chi connectivity index (χ1n) is 6.65. The Morgan fingerprint density at radius 2 is 1.75 bits per heavy atom. The maximum absolute atomic E-state index is 13.0. The summed E-state index contributed by atoms with van der Waals surface area (Å²) < 4.78 is 40.3. The fourth-order valence-corrected chi connectivity index (χ4v) is 2.92. The first kappa shape index (κ1) is 17.4. The molecule has 24 heavy (non-hydrogen) atoms. The summed E-state index contributed by atoms with van der Waals surface area (Å²) in [5.74, 6) is 0. The van der Waals surface area contributed by atoms with Crippen LogP contribution in [0, 0.1) is 0 Å². The zero-order valence-electron chi connectivity index (χ0n) is 11.8. The van der Waals surface area contributed by atoms with Crippen LogP contribution in [0.15, 0.2) is 30.5 Å². The zero-order valence-corrected chi connectivity index (χ0v) is 14.1. The number of imidazole rings is 1. The molecule has 3 nitrogen and oxygen atoms in total. The van der Waals surface area contributed by atoms with Gasteiger partial charge in [-0.25, -0.2) is 4.98 Å². The van der Waals surface area contributed by atoms with Crippen molar-refractivity contribution in [3.8, 4) is 11.3 Å². The summed E-state index contributed by atoms with van der Waals surface area (Å²) in [6, 6.07) is 5.65. The van der Waals surface area contributed by atoms with Crippen LogP contribution in [0.4, 0.5) is 13.2 Å². The number of hydrogen-bond acceptors (Lipinski definition) is 2. The Morgan fingerprint density at radius 1 is 1.04 bits per heavy atom. The van der Waals surface area contributed by atoms with E-state index in [4.69, 9.17) is 40.5 Å². The molecular formula is C15H9Cl3F3N3. The van der Waals surface area contributed by atoms with Crippen LogP contribution < -0.4 is 5.73 Å². The van der Waals surface area contributed by atoms with Crippen molar-refractivity contribution < 1.29 is 13.2 Å². The van der Waals surface area contributed by atoms with Gasteiger partial charge in [0.1, 0.15) is 0 Å². The largest absolute Gasteiger partial charge is 0.417 e. The third kappa shape index (κ3) is 2.95. The number of halogens is 6. The number of pyridine rings is 1. The van der Waals surface area contributed by atoms with E-state index in [1.165, 1.54) is 4.40 Å². The van der Waals surface area contributed by atoms with Crippen molar-refractivity contribution in [1.82, 2.24) is 9.38 Å². The quantitative estimate of drug-likeness (QED) is 0.629. The van der Waals surface area contributed by atoms with Crippen molar-refractivity contribution in [2.24, 2.45) is 5.73 Å². The Balaban J connectivity index is 2.30. The number of benzene rings is 1. The lowest BCUT2D eigenvalue weighted by Gasteiger charge is -2.09. The molecule has 0 aliphatic carbocycles. The molecule has 2 heterocycles. The molecule has 0 aliphatic rings. The number of nitrogens with two attached hydrogens (primary N) is 1. The van der Waals surface area contributed by atoms with Crippen LogP contribution >= 0.6 is 34.8 Å². The molecule has 0 bridgehead atoms. The SMILES string of the molecule is NCc1c(-c2ccc(Cl)c(Cl)c2)nc2c(Cl)cc(C(F)(F)F)cn12. The maximum Gasteiger partial charge on any atom is 0.417 e. The smallest absolute Gasteiger partial charge is 0.325 e. The first-order valence-corrected chi connectivity index (χ1v) is 7.79. The lowest BCUT2D eigenvalue weighted by atomic mass is 10.1. The van der Waals surface area contributed by atoms with E-state index >= 15 is 0 Å². The van der Waals surface area contributed by atoms with Gasteiger partial charge in [-0.15, -0.1) is 0 Å². The minimum absolute atomic E-state index is 0.0333. The van der Waals surface area contributed by atoms with Gasteiger partial charge in [0, 0.05) is 18.3 Å². The minimum atomic E-state index is -4.53. The monoisotopic (exact) mass is 393 g/mol.